The lowest BCUT2D eigenvalue weighted by Gasteiger charge is -2.09. The molecule has 8 heteroatoms. The van der Waals surface area contributed by atoms with Gasteiger partial charge in [-0.2, -0.15) is 13.7 Å². The molecule has 0 bridgehead atoms. The molecule has 0 aliphatic rings. The zero-order chi connectivity index (χ0) is 20.6. The summed E-state index contributed by atoms with van der Waals surface area (Å²) in [4.78, 5) is 11.4. The molecule has 0 radical (unpaired) electrons. The van der Waals surface area contributed by atoms with Crippen LogP contribution in [-0.2, 0) is 26.1 Å². The van der Waals surface area contributed by atoms with Crippen LogP contribution < -0.4 is 4.18 Å². The Morgan fingerprint density at radius 3 is 2.71 bits per heavy atom. The lowest BCUT2D eigenvalue weighted by molar-refractivity contribution is -0.137. The Balaban J connectivity index is 2.09. The van der Waals surface area contributed by atoms with Gasteiger partial charge in [0.15, 0.2) is 5.75 Å². The Morgan fingerprint density at radius 2 is 2.00 bits per heavy atom. The van der Waals surface area contributed by atoms with Crippen molar-refractivity contribution in [3.63, 3.8) is 0 Å². The molecule has 0 saturated carbocycles. The number of carbonyl (C=O) groups is 1. The number of hydrogen-bond acceptors (Lipinski definition) is 6. The first-order valence-corrected chi connectivity index (χ1v) is 10.8. The molecule has 2 rings (SSSR count). The second-order valence-electron chi connectivity index (χ2n) is 5.68. The summed E-state index contributed by atoms with van der Waals surface area (Å²) >= 11 is 3.38. The molecule has 0 unspecified atom stereocenters. The molecule has 0 aromatic heterocycles. The van der Waals surface area contributed by atoms with E-state index in [4.69, 9.17) is 14.2 Å². The molecule has 0 heterocycles. The van der Waals surface area contributed by atoms with Crippen LogP contribution in [0.15, 0.2) is 53.0 Å². The molecular formula is C20H18BrNO5S. The number of carbonyl (C=O) groups excluding carboxylic acids is 1. The number of ether oxygens (including phenoxy) is 1. The maximum absolute atomic E-state index is 12.3. The molecule has 0 saturated heterocycles. The molecule has 0 amide bonds. The van der Waals surface area contributed by atoms with Crippen LogP contribution in [0.4, 0.5) is 0 Å². The third kappa shape index (κ3) is 6.83. The summed E-state index contributed by atoms with van der Waals surface area (Å²) in [5.74, 6) is -0.696. The van der Waals surface area contributed by atoms with Crippen molar-refractivity contribution in [2.24, 2.45) is 0 Å². The maximum Gasteiger partial charge on any atom is 0.330 e. The summed E-state index contributed by atoms with van der Waals surface area (Å²) in [6.07, 6.45) is 3.12. The fraction of sp³-hybridized carbons (Fsp3) is 0.200. The minimum Gasteiger partial charge on any atom is -0.463 e. The first kappa shape index (κ1) is 21.7. The van der Waals surface area contributed by atoms with Crippen molar-refractivity contribution < 1.29 is 22.1 Å². The van der Waals surface area contributed by atoms with Crippen LogP contribution in [0.5, 0.6) is 5.75 Å². The Labute approximate surface area is 172 Å². The molecule has 6 nitrogen and oxygen atoms in total. The molecule has 0 spiro atoms. The van der Waals surface area contributed by atoms with Gasteiger partial charge in [0, 0.05) is 10.5 Å². The highest BCUT2D eigenvalue weighted by Gasteiger charge is 2.16. The average Bonchev–Trinajstić information content (AvgIpc) is 2.65. The number of para-hydroxylation sites is 1. The van der Waals surface area contributed by atoms with E-state index >= 15 is 0 Å². The Hall–Kier alpha value is -2.63. The van der Waals surface area contributed by atoms with Crippen molar-refractivity contribution in [3.8, 4) is 11.8 Å². The molecule has 28 heavy (non-hydrogen) atoms. The largest absolute Gasteiger partial charge is 0.463 e. The zero-order valence-electron chi connectivity index (χ0n) is 15.1. The standard InChI is InChI=1S/C20H18BrNO5S/c1-2-26-20(23)8-7-15-11-16(13-18(21)12-15)9-10-28(24,25)27-19-6-4-3-5-17(19)14-22/h3-8,11-13H,2,9-10H2,1H3/b8-7+. The zero-order valence-corrected chi connectivity index (χ0v) is 17.5. The van der Waals surface area contributed by atoms with Crippen molar-refractivity contribution >= 4 is 38.1 Å². The van der Waals surface area contributed by atoms with E-state index in [-0.39, 0.29) is 23.5 Å². The summed E-state index contributed by atoms with van der Waals surface area (Å²) in [7, 11) is -3.88. The Morgan fingerprint density at radius 1 is 1.25 bits per heavy atom. The minimum atomic E-state index is -3.88. The lowest BCUT2D eigenvalue weighted by Crippen LogP contribution is -2.16. The SMILES string of the molecule is CCOC(=O)/C=C/c1cc(Br)cc(CCS(=O)(=O)Oc2ccccc2C#N)c1. The molecule has 2 aromatic carbocycles. The van der Waals surface area contributed by atoms with Crippen LogP contribution >= 0.6 is 15.9 Å². The number of nitriles is 1. The molecule has 0 fully saturated rings. The van der Waals surface area contributed by atoms with Crippen LogP contribution in [0.25, 0.3) is 6.08 Å². The first-order valence-electron chi connectivity index (χ1n) is 8.38. The Kier molecular flexibility index (Phi) is 7.79. The van der Waals surface area contributed by atoms with E-state index in [1.807, 2.05) is 6.07 Å². The highest BCUT2D eigenvalue weighted by Crippen LogP contribution is 2.21. The topological polar surface area (TPSA) is 93.5 Å². The van der Waals surface area contributed by atoms with Crippen LogP contribution in [0.2, 0.25) is 0 Å². The fourth-order valence-electron chi connectivity index (χ4n) is 2.32. The van der Waals surface area contributed by atoms with Gasteiger partial charge >= 0.3 is 16.1 Å². The predicted octanol–water partition coefficient (Wildman–Crippen LogP) is 3.85. The van der Waals surface area contributed by atoms with Gasteiger partial charge in [-0.25, -0.2) is 4.79 Å². The summed E-state index contributed by atoms with van der Waals surface area (Å²) in [5.41, 5.74) is 1.63. The summed E-state index contributed by atoms with van der Waals surface area (Å²) < 4.78 is 35.2. The highest BCUT2D eigenvalue weighted by atomic mass is 79.9. The highest BCUT2D eigenvalue weighted by molar-refractivity contribution is 9.10. The number of hydrogen-bond donors (Lipinski definition) is 0. The van der Waals surface area contributed by atoms with Crippen molar-refractivity contribution in [1.82, 2.24) is 0 Å². The minimum absolute atomic E-state index is 0.0114. The van der Waals surface area contributed by atoms with E-state index in [0.717, 1.165) is 15.6 Å². The Bertz CT molecular complexity index is 1030. The van der Waals surface area contributed by atoms with Crippen LogP contribution in [-0.4, -0.2) is 26.7 Å². The maximum atomic E-state index is 12.3. The third-order valence-electron chi connectivity index (χ3n) is 3.54. The molecule has 146 valence electrons. The molecule has 0 aliphatic carbocycles. The predicted molar refractivity (Wildman–Crippen MR) is 109 cm³/mol. The van der Waals surface area contributed by atoms with Gasteiger partial charge in [0.1, 0.15) is 6.07 Å². The number of aryl methyl sites for hydroxylation is 1. The van der Waals surface area contributed by atoms with Crippen molar-refractivity contribution in [3.05, 3.63) is 69.7 Å². The van der Waals surface area contributed by atoms with Gasteiger partial charge in [0.25, 0.3) is 0 Å². The number of rotatable bonds is 8. The van der Waals surface area contributed by atoms with E-state index in [9.17, 15) is 13.2 Å². The second-order valence-corrected chi connectivity index (χ2v) is 8.29. The van der Waals surface area contributed by atoms with Gasteiger partial charge in [0.05, 0.1) is 17.9 Å². The summed E-state index contributed by atoms with van der Waals surface area (Å²) in [5, 5.41) is 9.04. The summed E-state index contributed by atoms with van der Waals surface area (Å²) in [6.45, 7) is 2.01. The smallest absolute Gasteiger partial charge is 0.330 e. The van der Waals surface area contributed by atoms with E-state index in [1.165, 1.54) is 18.2 Å². The van der Waals surface area contributed by atoms with Gasteiger partial charge < -0.3 is 8.92 Å². The molecule has 0 N–H and O–H groups in total. The van der Waals surface area contributed by atoms with Crippen LogP contribution in [0.1, 0.15) is 23.6 Å². The normalized spacial score (nSPS) is 11.2. The van der Waals surface area contributed by atoms with E-state index in [0.29, 0.717) is 6.61 Å². The summed E-state index contributed by atoms with van der Waals surface area (Å²) in [6, 6.07) is 13.4. The average molecular weight is 464 g/mol. The molecule has 0 aliphatic heterocycles. The van der Waals surface area contributed by atoms with Gasteiger partial charge in [-0.05, 0) is 54.8 Å². The van der Waals surface area contributed by atoms with Crippen molar-refractivity contribution in [2.45, 2.75) is 13.3 Å². The van der Waals surface area contributed by atoms with Crippen molar-refractivity contribution in [1.29, 1.82) is 5.26 Å². The monoisotopic (exact) mass is 463 g/mol. The van der Waals surface area contributed by atoms with E-state index in [1.54, 1.807) is 43.3 Å². The number of esters is 1. The van der Waals surface area contributed by atoms with Crippen LogP contribution in [0, 0.1) is 11.3 Å². The van der Waals surface area contributed by atoms with Crippen molar-refractivity contribution in [2.75, 3.05) is 12.4 Å². The number of halogens is 1. The molecular weight excluding hydrogens is 446 g/mol. The van der Waals surface area contributed by atoms with E-state index in [2.05, 4.69) is 15.9 Å². The quantitative estimate of drug-likeness (QED) is 0.335. The molecule has 0 atom stereocenters. The van der Waals surface area contributed by atoms with Gasteiger partial charge in [-0.1, -0.05) is 34.1 Å². The fourth-order valence-corrected chi connectivity index (χ4v) is 3.87. The number of nitrogens with zero attached hydrogens (tertiary/aromatic N) is 1. The number of benzene rings is 2. The van der Waals surface area contributed by atoms with Gasteiger partial charge in [-0.15, -0.1) is 0 Å². The second kappa shape index (κ2) is 10.1. The lowest BCUT2D eigenvalue weighted by atomic mass is 10.1. The van der Waals surface area contributed by atoms with Gasteiger partial charge in [0.2, 0.25) is 0 Å². The van der Waals surface area contributed by atoms with Crippen LogP contribution in [0.3, 0.4) is 0 Å². The molecule has 2 aromatic rings. The van der Waals surface area contributed by atoms with Gasteiger partial charge in [-0.3, -0.25) is 0 Å². The first-order chi connectivity index (χ1) is 13.3. The third-order valence-corrected chi connectivity index (χ3v) is 5.14. The van der Waals surface area contributed by atoms with E-state index < -0.39 is 16.1 Å².